The van der Waals surface area contributed by atoms with Crippen LogP contribution in [0.15, 0.2) is 61.7 Å². The van der Waals surface area contributed by atoms with Gasteiger partial charge in [0.05, 0.1) is 0 Å². The van der Waals surface area contributed by atoms with Gasteiger partial charge in [-0.2, -0.15) is 0 Å². The Morgan fingerprint density at radius 3 is 1.96 bits per heavy atom. The summed E-state index contributed by atoms with van der Waals surface area (Å²) in [5.41, 5.74) is 1.35. The van der Waals surface area contributed by atoms with Crippen molar-refractivity contribution in [2.45, 2.75) is 0 Å². The number of hydrogen-bond donors (Lipinski definition) is 1. The average Bonchev–Trinajstić information content (AvgIpc) is 3.07. The molecular weight excluding hydrogens is 338 g/mol. The van der Waals surface area contributed by atoms with Crippen molar-refractivity contribution in [2.24, 2.45) is 0 Å². The molecule has 1 heterocycles. The summed E-state index contributed by atoms with van der Waals surface area (Å²) in [5, 5.41) is 18.8. The standard InChI is InChI=1S/C18H13N3O5/c1-3-17(23)25-15-9-13(14(22)10-16(15)26-18(24)4-2)21-19-11-7-5-6-8-12(11)20-21/h3-10,22H,1-2H2. The smallest absolute Gasteiger partial charge is 0.335 e. The van der Waals surface area contributed by atoms with Gasteiger partial charge < -0.3 is 14.6 Å². The molecule has 0 saturated heterocycles. The SMILES string of the molecule is C=CC(=O)Oc1cc(O)c(-n2nc3ccccc3n2)cc1OC(=O)C=C. The Balaban J connectivity index is 2.11. The summed E-state index contributed by atoms with van der Waals surface area (Å²) in [6, 6.07) is 9.52. The lowest BCUT2D eigenvalue weighted by molar-refractivity contribution is -0.131. The fraction of sp³-hybridized carbons (Fsp3) is 0. The van der Waals surface area contributed by atoms with Gasteiger partial charge in [0, 0.05) is 24.3 Å². The van der Waals surface area contributed by atoms with Crippen LogP contribution in [0.1, 0.15) is 0 Å². The van der Waals surface area contributed by atoms with E-state index in [1.807, 2.05) is 0 Å². The minimum Gasteiger partial charge on any atom is -0.505 e. The first kappa shape index (κ1) is 16.9. The molecule has 0 saturated carbocycles. The third-order valence-electron chi connectivity index (χ3n) is 3.30. The Morgan fingerprint density at radius 1 is 0.962 bits per heavy atom. The Morgan fingerprint density at radius 2 is 1.46 bits per heavy atom. The molecule has 0 radical (unpaired) electrons. The van der Waals surface area contributed by atoms with Crippen LogP contribution in [0.3, 0.4) is 0 Å². The molecule has 0 atom stereocenters. The highest BCUT2D eigenvalue weighted by molar-refractivity contribution is 5.86. The molecule has 1 N–H and O–H groups in total. The predicted molar refractivity (Wildman–Crippen MR) is 92.2 cm³/mol. The molecule has 0 spiro atoms. The number of phenols is 1. The van der Waals surface area contributed by atoms with E-state index in [-0.39, 0.29) is 22.9 Å². The van der Waals surface area contributed by atoms with Crippen LogP contribution in [-0.4, -0.2) is 32.0 Å². The Labute approximate surface area is 147 Å². The summed E-state index contributed by atoms with van der Waals surface area (Å²) in [7, 11) is 0. The molecular formula is C18H13N3O5. The second-order valence-electron chi connectivity index (χ2n) is 5.02. The molecule has 0 bridgehead atoms. The third-order valence-corrected chi connectivity index (χ3v) is 3.30. The van der Waals surface area contributed by atoms with Crippen molar-refractivity contribution in [3.63, 3.8) is 0 Å². The molecule has 0 aliphatic rings. The lowest BCUT2D eigenvalue weighted by Crippen LogP contribution is -2.10. The number of ether oxygens (including phenoxy) is 2. The van der Waals surface area contributed by atoms with E-state index in [0.29, 0.717) is 11.0 Å². The summed E-state index contributed by atoms with van der Waals surface area (Å²) >= 11 is 0. The van der Waals surface area contributed by atoms with Gasteiger partial charge in [-0.25, -0.2) is 9.59 Å². The number of fused-ring (bicyclic) bond motifs is 1. The van der Waals surface area contributed by atoms with Crippen molar-refractivity contribution in [2.75, 3.05) is 0 Å². The summed E-state index contributed by atoms with van der Waals surface area (Å²) < 4.78 is 10.1. The molecule has 8 heteroatoms. The zero-order valence-corrected chi connectivity index (χ0v) is 13.5. The van der Waals surface area contributed by atoms with Crippen LogP contribution in [-0.2, 0) is 9.59 Å². The van der Waals surface area contributed by atoms with Crippen LogP contribution in [0, 0.1) is 0 Å². The van der Waals surface area contributed by atoms with Crippen molar-refractivity contribution in [3.05, 3.63) is 61.7 Å². The molecule has 1 aromatic heterocycles. The van der Waals surface area contributed by atoms with Crippen LogP contribution >= 0.6 is 0 Å². The average molecular weight is 351 g/mol. The molecule has 0 aliphatic carbocycles. The number of carbonyl (C=O) groups excluding carboxylic acids is 2. The van der Waals surface area contributed by atoms with Crippen molar-refractivity contribution >= 4 is 23.0 Å². The van der Waals surface area contributed by atoms with Crippen LogP contribution in [0.2, 0.25) is 0 Å². The van der Waals surface area contributed by atoms with Gasteiger partial charge in [-0.15, -0.1) is 15.0 Å². The molecule has 26 heavy (non-hydrogen) atoms. The van der Waals surface area contributed by atoms with Crippen LogP contribution in [0.4, 0.5) is 0 Å². The Kier molecular flexibility index (Phi) is 4.48. The zero-order valence-electron chi connectivity index (χ0n) is 13.5. The van der Waals surface area contributed by atoms with Gasteiger partial charge in [0.15, 0.2) is 11.5 Å². The number of phenolic OH excluding ortho intramolecular Hbond substituents is 1. The number of aromatic nitrogens is 3. The van der Waals surface area contributed by atoms with Crippen molar-refractivity contribution in [1.29, 1.82) is 0 Å². The van der Waals surface area contributed by atoms with E-state index in [0.717, 1.165) is 18.2 Å². The lowest BCUT2D eigenvalue weighted by atomic mass is 10.2. The third kappa shape index (κ3) is 3.29. The molecule has 0 amide bonds. The summed E-state index contributed by atoms with van der Waals surface area (Å²) in [6.07, 6.45) is 1.89. The van der Waals surface area contributed by atoms with Gasteiger partial charge in [-0.1, -0.05) is 25.3 Å². The highest BCUT2D eigenvalue weighted by Crippen LogP contribution is 2.36. The first-order valence-electron chi connectivity index (χ1n) is 7.40. The topological polar surface area (TPSA) is 104 Å². The maximum Gasteiger partial charge on any atom is 0.335 e. The molecule has 8 nitrogen and oxygen atoms in total. The number of rotatable bonds is 5. The van der Waals surface area contributed by atoms with E-state index >= 15 is 0 Å². The van der Waals surface area contributed by atoms with Gasteiger partial charge in [0.25, 0.3) is 0 Å². The second kappa shape index (κ2) is 6.89. The number of carbonyl (C=O) groups is 2. The van der Waals surface area contributed by atoms with Crippen LogP contribution in [0.5, 0.6) is 17.2 Å². The molecule has 3 aromatic rings. The van der Waals surface area contributed by atoms with Gasteiger partial charge >= 0.3 is 11.9 Å². The monoisotopic (exact) mass is 351 g/mol. The number of esters is 2. The van der Waals surface area contributed by atoms with Gasteiger partial charge in [0.2, 0.25) is 0 Å². The molecule has 2 aromatic carbocycles. The summed E-state index contributed by atoms with van der Waals surface area (Å²) in [5.74, 6) is -2.11. The van der Waals surface area contributed by atoms with Crippen molar-refractivity contribution < 1.29 is 24.2 Å². The highest BCUT2D eigenvalue weighted by Gasteiger charge is 2.18. The number of hydrogen-bond acceptors (Lipinski definition) is 7. The Hall–Kier alpha value is -3.94. The first-order chi connectivity index (χ1) is 12.5. The van der Waals surface area contributed by atoms with E-state index in [1.165, 1.54) is 10.9 Å². The minimum absolute atomic E-state index is 0.112. The summed E-state index contributed by atoms with van der Waals surface area (Å²) in [4.78, 5) is 24.2. The van der Waals surface area contributed by atoms with Gasteiger partial charge in [-0.3, -0.25) is 0 Å². The largest absolute Gasteiger partial charge is 0.505 e. The van der Waals surface area contributed by atoms with E-state index in [9.17, 15) is 14.7 Å². The number of aromatic hydroxyl groups is 1. The minimum atomic E-state index is -0.781. The van der Waals surface area contributed by atoms with E-state index in [2.05, 4.69) is 23.4 Å². The molecule has 0 fully saturated rings. The zero-order chi connectivity index (χ0) is 18.7. The predicted octanol–water partition coefficient (Wildman–Crippen LogP) is 2.31. The van der Waals surface area contributed by atoms with Crippen molar-refractivity contribution in [3.8, 4) is 22.9 Å². The second-order valence-corrected chi connectivity index (χ2v) is 5.02. The van der Waals surface area contributed by atoms with Gasteiger partial charge in [0.1, 0.15) is 22.5 Å². The van der Waals surface area contributed by atoms with Crippen LogP contribution in [0.25, 0.3) is 16.7 Å². The van der Waals surface area contributed by atoms with E-state index in [4.69, 9.17) is 9.47 Å². The maximum atomic E-state index is 11.6. The summed E-state index contributed by atoms with van der Waals surface area (Å²) in [6.45, 7) is 6.60. The van der Waals surface area contributed by atoms with E-state index in [1.54, 1.807) is 24.3 Å². The number of nitrogens with zero attached hydrogens (tertiary/aromatic N) is 3. The molecule has 0 unspecified atom stereocenters. The van der Waals surface area contributed by atoms with Gasteiger partial charge in [-0.05, 0) is 12.1 Å². The van der Waals surface area contributed by atoms with E-state index < -0.39 is 11.9 Å². The quantitative estimate of drug-likeness (QED) is 0.427. The molecule has 3 rings (SSSR count). The fourth-order valence-electron chi connectivity index (χ4n) is 2.13. The fourth-order valence-corrected chi connectivity index (χ4v) is 2.13. The molecule has 130 valence electrons. The Bertz CT molecular complexity index is 1010. The first-order valence-corrected chi connectivity index (χ1v) is 7.40. The molecule has 0 aliphatic heterocycles. The highest BCUT2D eigenvalue weighted by atomic mass is 16.6. The van der Waals surface area contributed by atoms with Crippen molar-refractivity contribution in [1.82, 2.24) is 15.0 Å². The van der Waals surface area contributed by atoms with Crippen LogP contribution < -0.4 is 9.47 Å². The number of benzene rings is 2. The maximum absolute atomic E-state index is 11.6. The normalized spacial score (nSPS) is 10.3. The lowest BCUT2D eigenvalue weighted by Gasteiger charge is -2.11.